The van der Waals surface area contributed by atoms with Gasteiger partial charge < -0.3 is 19.9 Å². The first kappa shape index (κ1) is 21.7. The fourth-order valence-electron chi connectivity index (χ4n) is 4.03. The van der Waals surface area contributed by atoms with Gasteiger partial charge in [0.25, 0.3) is 0 Å². The van der Waals surface area contributed by atoms with Crippen LogP contribution in [0.1, 0.15) is 18.9 Å². The minimum absolute atomic E-state index is 0.0127. The second kappa shape index (κ2) is 8.18. The van der Waals surface area contributed by atoms with Crippen molar-refractivity contribution in [1.29, 1.82) is 0 Å². The largest absolute Gasteiger partial charge is 0.573 e. The Morgan fingerprint density at radius 3 is 2.66 bits per heavy atom. The van der Waals surface area contributed by atoms with Crippen LogP contribution in [0.2, 0.25) is 0 Å². The number of rotatable bonds is 4. The maximum absolute atomic E-state index is 12.6. The third kappa shape index (κ3) is 4.53. The monoisotopic (exact) mass is 447 g/mol. The molecule has 0 radical (unpaired) electrons. The molecular weight excluding hydrogens is 427 g/mol. The highest BCUT2D eigenvalue weighted by molar-refractivity contribution is 6.04. The van der Waals surface area contributed by atoms with Crippen LogP contribution in [-0.2, 0) is 20.8 Å². The first-order valence-corrected chi connectivity index (χ1v) is 9.99. The summed E-state index contributed by atoms with van der Waals surface area (Å²) in [6.07, 6.45) is -4.16. The van der Waals surface area contributed by atoms with Crippen molar-refractivity contribution in [3.8, 4) is 5.75 Å². The second-order valence-corrected chi connectivity index (χ2v) is 7.70. The number of carbonyl (C=O) groups excluding carboxylic acids is 3. The number of hydrogen-bond acceptors (Lipinski definition) is 4. The maximum atomic E-state index is 12.6. The Hall–Kier alpha value is -3.56. The van der Waals surface area contributed by atoms with Crippen molar-refractivity contribution in [2.75, 3.05) is 28.2 Å². The molecule has 1 atom stereocenters. The summed E-state index contributed by atoms with van der Waals surface area (Å²) in [7, 11) is 0. The molecule has 2 aliphatic heterocycles. The van der Waals surface area contributed by atoms with Crippen molar-refractivity contribution >= 4 is 34.8 Å². The molecule has 2 aromatic carbocycles. The van der Waals surface area contributed by atoms with E-state index < -0.39 is 23.9 Å². The Balaban J connectivity index is 1.44. The molecule has 10 heteroatoms. The topological polar surface area (TPSA) is 79.0 Å². The highest BCUT2D eigenvalue weighted by Gasteiger charge is 2.36. The van der Waals surface area contributed by atoms with Crippen LogP contribution < -0.4 is 19.9 Å². The van der Waals surface area contributed by atoms with Crippen LogP contribution in [0.3, 0.4) is 0 Å². The third-order valence-electron chi connectivity index (χ3n) is 5.48. The van der Waals surface area contributed by atoms with Gasteiger partial charge in [0.15, 0.2) is 0 Å². The van der Waals surface area contributed by atoms with E-state index in [0.717, 1.165) is 23.4 Å². The van der Waals surface area contributed by atoms with Crippen LogP contribution in [0.5, 0.6) is 5.75 Å². The van der Waals surface area contributed by atoms with Crippen molar-refractivity contribution in [3.05, 3.63) is 48.0 Å². The second-order valence-electron chi connectivity index (χ2n) is 7.70. The third-order valence-corrected chi connectivity index (χ3v) is 5.48. The lowest BCUT2D eigenvalue weighted by Gasteiger charge is -2.19. The zero-order chi connectivity index (χ0) is 23.0. The molecule has 1 N–H and O–H groups in total. The van der Waals surface area contributed by atoms with Gasteiger partial charge in [0.1, 0.15) is 5.75 Å². The van der Waals surface area contributed by atoms with Crippen molar-refractivity contribution < 1.29 is 32.3 Å². The summed E-state index contributed by atoms with van der Waals surface area (Å²) in [6, 6.07) is 10.4. The quantitative estimate of drug-likeness (QED) is 0.779. The van der Waals surface area contributed by atoms with Gasteiger partial charge in [-0.25, -0.2) is 0 Å². The fraction of sp³-hybridized carbons (Fsp3) is 0.318. The minimum atomic E-state index is -4.84. The molecule has 1 unspecified atom stereocenters. The Morgan fingerprint density at radius 2 is 1.94 bits per heavy atom. The predicted octanol–water partition coefficient (Wildman–Crippen LogP) is 3.49. The molecule has 7 nitrogen and oxygen atoms in total. The van der Waals surface area contributed by atoms with Crippen LogP contribution in [0.15, 0.2) is 42.5 Å². The Morgan fingerprint density at radius 1 is 1.16 bits per heavy atom. The molecule has 1 saturated heterocycles. The summed E-state index contributed by atoms with van der Waals surface area (Å²) < 4.78 is 41.1. The number of carbonyl (C=O) groups is 3. The standard InChI is InChI=1S/C22H20F3N3O4/c1-13(29)27-8-7-14-9-17(5-6-19(14)27)28-12-15(10-20(28)30)21(31)26-16-3-2-4-18(11-16)32-22(23,24)25/h2-6,9,11,15H,7-8,10,12H2,1H3,(H,26,31). The summed E-state index contributed by atoms with van der Waals surface area (Å²) in [5, 5.41) is 2.55. The molecule has 4 rings (SSSR count). The van der Waals surface area contributed by atoms with E-state index >= 15 is 0 Å². The lowest BCUT2D eigenvalue weighted by atomic mass is 10.1. The summed E-state index contributed by atoms with van der Waals surface area (Å²) >= 11 is 0. The number of anilines is 3. The average molecular weight is 447 g/mol. The number of benzene rings is 2. The number of alkyl halides is 3. The molecule has 1 fully saturated rings. The molecule has 2 heterocycles. The van der Waals surface area contributed by atoms with E-state index in [0.29, 0.717) is 18.7 Å². The smallest absolute Gasteiger partial charge is 0.406 e. The summed E-state index contributed by atoms with van der Waals surface area (Å²) in [5.41, 5.74) is 2.57. The zero-order valence-corrected chi connectivity index (χ0v) is 17.1. The van der Waals surface area contributed by atoms with Crippen LogP contribution in [0, 0.1) is 5.92 Å². The van der Waals surface area contributed by atoms with Crippen molar-refractivity contribution in [3.63, 3.8) is 0 Å². The predicted molar refractivity (Wildman–Crippen MR) is 110 cm³/mol. The molecular formula is C22H20F3N3O4. The van der Waals surface area contributed by atoms with E-state index in [4.69, 9.17) is 0 Å². The normalized spacial score (nSPS) is 18.0. The fourth-order valence-corrected chi connectivity index (χ4v) is 4.03. The first-order chi connectivity index (χ1) is 15.1. The molecule has 32 heavy (non-hydrogen) atoms. The molecule has 3 amide bonds. The number of fused-ring (bicyclic) bond motifs is 1. The van der Waals surface area contributed by atoms with Gasteiger partial charge in [-0.15, -0.1) is 13.2 Å². The minimum Gasteiger partial charge on any atom is -0.406 e. The van der Waals surface area contributed by atoms with Gasteiger partial charge in [-0.3, -0.25) is 14.4 Å². The molecule has 0 aromatic heterocycles. The number of nitrogens with one attached hydrogen (secondary N) is 1. The van der Waals surface area contributed by atoms with Gasteiger partial charge >= 0.3 is 6.36 Å². The average Bonchev–Trinajstić information content (AvgIpc) is 3.30. The number of hydrogen-bond donors (Lipinski definition) is 1. The van der Waals surface area contributed by atoms with Crippen molar-refractivity contribution in [1.82, 2.24) is 0 Å². The lowest BCUT2D eigenvalue weighted by molar-refractivity contribution is -0.274. The zero-order valence-electron chi connectivity index (χ0n) is 17.1. The van der Waals surface area contributed by atoms with Crippen LogP contribution in [-0.4, -0.2) is 37.2 Å². The van der Waals surface area contributed by atoms with E-state index in [1.54, 1.807) is 17.0 Å². The van der Waals surface area contributed by atoms with Crippen LogP contribution in [0.25, 0.3) is 0 Å². The van der Waals surface area contributed by atoms with Gasteiger partial charge in [-0.1, -0.05) is 6.07 Å². The Labute approximate surface area is 181 Å². The Bertz CT molecular complexity index is 1090. The van der Waals surface area contributed by atoms with Gasteiger partial charge in [0.05, 0.1) is 5.92 Å². The van der Waals surface area contributed by atoms with Crippen molar-refractivity contribution in [2.45, 2.75) is 26.1 Å². The molecule has 0 bridgehead atoms. The lowest BCUT2D eigenvalue weighted by Crippen LogP contribution is -2.28. The highest BCUT2D eigenvalue weighted by atomic mass is 19.4. The molecule has 0 aliphatic carbocycles. The van der Waals surface area contributed by atoms with E-state index in [1.807, 2.05) is 6.07 Å². The number of ether oxygens (including phenoxy) is 1. The first-order valence-electron chi connectivity index (χ1n) is 9.99. The van der Waals surface area contributed by atoms with E-state index in [2.05, 4.69) is 10.1 Å². The molecule has 2 aliphatic rings. The van der Waals surface area contributed by atoms with Gasteiger partial charge in [-0.2, -0.15) is 0 Å². The molecule has 0 spiro atoms. The van der Waals surface area contributed by atoms with Crippen LogP contribution in [0.4, 0.5) is 30.2 Å². The van der Waals surface area contributed by atoms with E-state index in [9.17, 15) is 27.6 Å². The van der Waals surface area contributed by atoms with Crippen LogP contribution >= 0.6 is 0 Å². The number of halogens is 3. The molecule has 0 saturated carbocycles. The summed E-state index contributed by atoms with van der Waals surface area (Å²) in [4.78, 5) is 40.1. The summed E-state index contributed by atoms with van der Waals surface area (Å²) in [6.45, 7) is 2.24. The van der Waals surface area contributed by atoms with E-state index in [1.165, 1.54) is 24.0 Å². The number of amides is 3. The van der Waals surface area contributed by atoms with Gasteiger partial charge in [-0.05, 0) is 42.3 Å². The van der Waals surface area contributed by atoms with Gasteiger partial charge in [0.2, 0.25) is 17.7 Å². The maximum Gasteiger partial charge on any atom is 0.573 e. The number of nitrogens with zero attached hydrogens (tertiary/aromatic N) is 2. The highest BCUT2D eigenvalue weighted by Crippen LogP contribution is 2.34. The molecule has 168 valence electrons. The molecule has 2 aromatic rings. The Kier molecular flexibility index (Phi) is 5.53. The van der Waals surface area contributed by atoms with E-state index in [-0.39, 0.29) is 30.5 Å². The summed E-state index contributed by atoms with van der Waals surface area (Å²) in [5.74, 6) is -1.83. The SMILES string of the molecule is CC(=O)N1CCc2cc(N3CC(C(=O)Nc4cccc(OC(F)(F)F)c4)CC3=O)ccc21. The van der Waals surface area contributed by atoms with Crippen molar-refractivity contribution in [2.24, 2.45) is 5.92 Å². The van der Waals surface area contributed by atoms with Gasteiger partial charge in [0, 0.05) is 49.6 Å².